The highest BCUT2D eigenvalue weighted by atomic mass is 32.2. The summed E-state index contributed by atoms with van der Waals surface area (Å²) in [4.78, 5) is 0.169. The molecule has 0 unspecified atom stereocenters. The lowest BCUT2D eigenvalue weighted by atomic mass is 10.2. The van der Waals surface area contributed by atoms with Crippen LogP contribution >= 0.6 is 0 Å². The Labute approximate surface area is 113 Å². The van der Waals surface area contributed by atoms with Crippen molar-refractivity contribution in [2.24, 2.45) is 10.9 Å². The molecule has 0 bridgehead atoms. The van der Waals surface area contributed by atoms with Crippen molar-refractivity contribution < 1.29 is 13.6 Å². The SMILES string of the molecule is CC(C)NCCS(=O)(=O)c1cccc(/C(N)=N/O)c1. The van der Waals surface area contributed by atoms with Crippen LogP contribution in [-0.4, -0.2) is 37.8 Å². The molecule has 0 heterocycles. The van der Waals surface area contributed by atoms with Crippen molar-refractivity contribution >= 4 is 15.7 Å². The van der Waals surface area contributed by atoms with Crippen LogP contribution in [0.1, 0.15) is 19.4 Å². The Morgan fingerprint density at radius 3 is 2.74 bits per heavy atom. The Kier molecular flexibility index (Phi) is 5.31. The molecule has 1 rings (SSSR count). The summed E-state index contributed by atoms with van der Waals surface area (Å²) in [5.41, 5.74) is 5.81. The highest BCUT2D eigenvalue weighted by Crippen LogP contribution is 2.13. The number of nitrogens with one attached hydrogen (secondary N) is 1. The van der Waals surface area contributed by atoms with Gasteiger partial charge in [0, 0.05) is 18.2 Å². The number of benzene rings is 1. The monoisotopic (exact) mass is 285 g/mol. The van der Waals surface area contributed by atoms with Crippen molar-refractivity contribution in [2.45, 2.75) is 24.8 Å². The number of hydrogen-bond donors (Lipinski definition) is 3. The van der Waals surface area contributed by atoms with Crippen molar-refractivity contribution in [3.63, 3.8) is 0 Å². The first-order valence-electron chi connectivity index (χ1n) is 5.91. The first-order valence-corrected chi connectivity index (χ1v) is 7.56. The minimum atomic E-state index is -3.37. The van der Waals surface area contributed by atoms with Gasteiger partial charge in [0.25, 0.3) is 0 Å². The number of rotatable bonds is 6. The molecule has 1 aromatic carbocycles. The first-order chi connectivity index (χ1) is 8.86. The number of sulfone groups is 1. The van der Waals surface area contributed by atoms with E-state index < -0.39 is 9.84 Å². The zero-order valence-corrected chi connectivity index (χ0v) is 11.8. The molecule has 0 radical (unpaired) electrons. The summed E-state index contributed by atoms with van der Waals surface area (Å²) in [7, 11) is -3.37. The number of nitrogens with two attached hydrogens (primary N) is 1. The molecule has 1 aromatic rings. The average Bonchev–Trinajstić information content (AvgIpc) is 2.37. The highest BCUT2D eigenvalue weighted by molar-refractivity contribution is 7.91. The minimum absolute atomic E-state index is 0.00477. The van der Waals surface area contributed by atoms with Crippen molar-refractivity contribution in [1.29, 1.82) is 0 Å². The lowest BCUT2D eigenvalue weighted by Gasteiger charge is -2.09. The fourth-order valence-corrected chi connectivity index (χ4v) is 2.72. The van der Waals surface area contributed by atoms with Gasteiger partial charge < -0.3 is 16.3 Å². The van der Waals surface area contributed by atoms with Gasteiger partial charge in [-0.3, -0.25) is 0 Å². The summed E-state index contributed by atoms with van der Waals surface area (Å²) in [6.45, 7) is 4.28. The molecule has 0 aromatic heterocycles. The van der Waals surface area contributed by atoms with E-state index in [9.17, 15) is 8.42 Å². The van der Waals surface area contributed by atoms with Gasteiger partial charge >= 0.3 is 0 Å². The zero-order chi connectivity index (χ0) is 14.5. The van der Waals surface area contributed by atoms with E-state index in [1.165, 1.54) is 12.1 Å². The van der Waals surface area contributed by atoms with Gasteiger partial charge in [-0.25, -0.2) is 8.42 Å². The molecule has 0 aliphatic carbocycles. The molecule has 0 saturated carbocycles. The molecule has 106 valence electrons. The molecule has 0 amide bonds. The number of nitrogens with zero attached hydrogens (tertiary/aromatic N) is 1. The van der Waals surface area contributed by atoms with E-state index in [1.807, 2.05) is 13.8 Å². The van der Waals surface area contributed by atoms with Crippen LogP contribution in [0.15, 0.2) is 34.3 Å². The molecule has 19 heavy (non-hydrogen) atoms. The molecule has 0 atom stereocenters. The average molecular weight is 285 g/mol. The quantitative estimate of drug-likeness (QED) is 0.306. The van der Waals surface area contributed by atoms with Crippen LogP contribution in [0.25, 0.3) is 0 Å². The summed E-state index contributed by atoms with van der Waals surface area (Å²) in [6, 6.07) is 6.29. The van der Waals surface area contributed by atoms with Crippen LogP contribution in [0.2, 0.25) is 0 Å². The molecule has 7 heteroatoms. The van der Waals surface area contributed by atoms with Crippen molar-refractivity contribution in [3.05, 3.63) is 29.8 Å². The Bertz CT molecular complexity index is 553. The number of amidine groups is 1. The lowest BCUT2D eigenvalue weighted by Crippen LogP contribution is -2.28. The van der Waals surface area contributed by atoms with E-state index in [2.05, 4.69) is 10.5 Å². The third kappa shape index (κ3) is 4.53. The molecule has 0 aliphatic heterocycles. The van der Waals surface area contributed by atoms with Gasteiger partial charge in [0.05, 0.1) is 10.6 Å². The van der Waals surface area contributed by atoms with E-state index in [0.717, 1.165) is 0 Å². The van der Waals surface area contributed by atoms with Gasteiger partial charge in [-0.1, -0.05) is 31.1 Å². The maximum atomic E-state index is 12.1. The summed E-state index contributed by atoms with van der Waals surface area (Å²) in [6.07, 6.45) is 0. The fourth-order valence-electron chi connectivity index (χ4n) is 1.51. The zero-order valence-electron chi connectivity index (χ0n) is 11.0. The first kappa shape index (κ1) is 15.5. The largest absolute Gasteiger partial charge is 0.409 e. The van der Waals surface area contributed by atoms with Crippen LogP contribution in [0.5, 0.6) is 0 Å². The Balaban J connectivity index is 2.90. The minimum Gasteiger partial charge on any atom is -0.409 e. The fraction of sp³-hybridized carbons (Fsp3) is 0.417. The Hall–Kier alpha value is -1.60. The normalized spacial score (nSPS) is 12.9. The third-order valence-corrected chi connectivity index (χ3v) is 4.23. The second kappa shape index (κ2) is 6.53. The van der Waals surface area contributed by atoms with E-state index in [1.54, 1.807) is 12.1 Å². The van der Waals surface area contributed by atoms with Gasteiger partial charge in [0.1, 0.15) is 0 Å². The molecule has 4 N–H and O–H groups in total. The Morgan fingerprint density at radius 1 is 1.47 bits per heavy atom. The lowest BCUT2D eigenvalue weighted by molar-refractivity contribution is 0.318. The smallest absolute Gasteiger partial charge is 0.179 e. The summed E-state index contributed by atoms with van der Waals surface area (Å²) >= 11 is 0. The van der Waals surface area contributed by atoms with Gasteiger partial charge in [-0.15, -0.1) is 0 Å². The Morgan fingerprint density at radius 2 is 2.16 bits per heavy atom. The molecular weight excluding hydrogens is 266 g/mol. The van der Waals surface area contributed by atoms with Crippen LogP contribution in [-0.2, 0) is 9.84 Å². The summed E-state index contributed by atoms with van der Waals surface area (Å²) < 4.78 is 24.2. The van der Waals surface area contributed by atoms with Gasteiger partial charge in [0.2, 0.25) is 0 Å². The van der Waals surface area contributed by atoms with E-state index in [4.69, 9.17) is 10.9 Å². The molecule has 6 nitrogen and oxygen atoms in total. The van der Waals surface area contributed by atoms with E-state index >= 15 is 0 Å². The van der Waals surface area contributed by atoms with E-state index in [-0.39, 0.29) is 22.5 Å². The van der Waals surface area contributed by atoms with Crippen LogP contribution < -0.4 is 11.1 Å². The van der Waals surface area contributed by atoms with Crippen LogP contribution in [0, 0.1) is 0 Å². The van der Waals surface area contributed by atoms with Gasteiger partial charge in [-0.05, 0) is 12.1 Å². The standard InChI is InChI=1S/C12H19N3O3S/c1-9(2)14-6-7-19(17,18)11-5-3-4-10(8-11)12(13)15-16/h3-5,8-9,14,16H,6-7H2,1-2H3,(H2,13,15). The molecular formula is C12H19N3O3S. The van der Waals surface area contributed by atoms with Crippen molar-refractivity contribution in [3.8, 4) is 0 Å². The van der Waals surface area contributed by atoms with Gasteiger partial charge in [-0.2, -0.15) is 0 Å². The van der Waals surface area contributed by atoms with Crippen molar-refractivity contribution in [1.82, 2.24) is 5.32 Å². The maximum Gasteiger partial charge on any atom is 0.179 e. The summed E-state index contributed by atoms with van der Waals surface area (Å²) in [5, 5.41) is 14.5. The molecule has 0 fully saturated rings. The number of oxime groups is 1. The highest BCUT2D eigenvalue weighted by Gasteiger charge is 2.15. The topological polar surface area (TPSA) is 105 Å². The second-order valence-corrected chi connectivity index (χ2v) is 6.55. The second-order valence-electron chi connectivity index (χ2n) is 4.44. The predicted molar refractivity (Wildman–Crippen MR) is 74.1 cm³/mol. The maximum absolute atomic E-state index is 12.1. The predicted octanol–water partition coefficient (Wildman–Crippen LogP) is 0.553. The number of hydrogen-bond acceptors (Lipinski definition) is 5. The molecule has 0 spiro atoms. The van der Waals surface area contributed by atoms with E-state index in [0.29, 0.717) is 12.1 Å². The van der Waals surface area contributed by atoms with Crippen molar-refractivity contribution in [2.75, 3.05) is 12.3 Å². The van der Waals surface area contributed by atoms with Crippen LogP contribution in [0.4, 0.5) is 0 Å². The van der Waals surface area contributed by atoms with Crippen LogP contribution in [0.3, 0.4) is 0 Å². The summed E-state index contributed by atoms with van der Waals surface area (Å²) in [5.74, 6) is -0.109. The van der Waals surface area contributed by atoms with Gasteiger partial charge in [0.15, 0.2) is 15.7 Å². The third-order valence-electron chi connectivity index (χ3n) is 2.52. The molecule has 0 saturated heterocycles. The molecule has 0 aliphatic rings.